The van der Waals surface area contributed by atoms with Crippen LogP contribution in [-0.2, 0) is 17.6 Å². The molecule has 6 rings (SSSR count). The van der Waals surface area contributed by atoms with Crippen LogP contribution in [0.3, 0.4) is 0 Å². The van der Waals surface area contributed by atoms with Gasteiger partial charge in [0.05, 0.1) is 32.2 Å². The molecule has 2 heterocycles. The van der Waals surface area contributed by atoms with E-state index in [4.69, 9.17) is 9.47 Å². The highest BCUT2D eigenvalue weighted by molar-refractivity contribution is 6.01. The Hall–Kier alpha value is -3.80. The Morgan fingerprint density at radius 2 is 1.61 bits per heavy atom. The molecule has 3 atom stereocenters. The molecule has 6 heteroatoms. The van der Waals surface area contributed by atoms with Crippen LogP contribution in [0, 0.1) is 0 Å². The molecule has 36 heavy (non-hydrogen) atoms. The number of amides is 2. The van der Waals surface area contributed by atoms with E-state index in [1.807, 2.05) is 47.4 Å². The van der Waals surface area contributed by atoms with E-state index in [9.17, 15) is 9.59 Å². The Kier molecular flexibility index (Phi) is 5.67. The first-order valence-corrected chi connectivity index (χ1v) is 12.6. The molecule has 1 N–H and O–H groups in total. The fourth-order valence-corrected chi connectivity index (χ4v) is 6.30. The summed E-state index contributed by atoms with van der Waals surface area (Å²) in [5.74, 6) is 0.666. The van der Waals surface area contributed by atoms with Crippen LogP contribution >= 0.6 is 0 Å². The molecule has 0 radical (unpaired) electrons. The highest BCUT2D eigenvalue weighted by Gasteiger charge is 2.47. The lowest BCUT2D eigenvalue weighted by Gasteiger charge is -2.45. The highest BCUT2D eigenvalue weighted by atomic mass is 16.5. The molecule has 6 nitrogen and oxygen atoms in total. The van der Waals surface area contributed by atoms with Crippen molar-refractivity contribution in [1.82, 2.24) is 10.2 Å². The van der Waals surface area contributed by atoms with Crippen LogP contribution in [0.5, 0.6) is 11.5 Å². The van der Waals surface area contributed by atoms with Crippen LogP contribution in [0.15, 0.2) is 60.7 Å². The van der Waals surface area contributed by atoms with Crippen LogP contribution in [-0.4, -0.2) is 37.5 Å². The van der Waals surface area contributed by atoms with Gasteiger partial charge in [0.1, 0.15) is 0 Å². The van der Waals surface area contributed by atoms with Crippen molar-refractivity contribution in [2.75, 3.05) is 20.8 Å². The third-order valence-corrected chi connectivity index (χ3v) is 7.99. The van der Waals surface area contributed by atoms with Gasteiger partial charge in [-0.3, -0.25) is 9.59 Å². The van der Waals surface area contributed by atoms with Crippen molar-refractivity contribution in [2.45, 2.75) is 43.7 Å². The third kappa shape index (κ3) is 3.55. The first kappa shape index (κ1) is 22.7. The average molecular weight is 483 g/mol. The van der Waals surface area contributed by atoms with E-state index in [1.165, 1.54) is 11.1 Å². The van der Waals surface area contributed by atoms with E-state index in [-0.39, 0.29) is 17.9 Å². The molecule has 184 valence electrons. The minimum absolute atomic E-state index is 0.0249. The van der Waals surface area contributed by atoms with E-state index in [0.29, 0.717) is 30.0 Å². The zero-order valence-electron chi connectivity index (χ0n) is 20.6. The van der Waals surface area contributed by atoms with Gasteiger partial charge in [0.15, 0.2) is 11.5 Å². The van der Waals surface area contributed by atoms with Gasteiger partial charge < -0.3 is 19.7 Å². The zero-order valence-corrected chi connectivity index (χ0v) is 20.6. The third-order valence-electron chi connectivity index (χ3n) is 7.99. The van der Waals surface area contributed by atoms with Gasteiger partial charge in [-0.15, -0.1) is 0 Å². The molecule has 2 amide bonds. The van der Waals surface area contributed by atoms with E-state index in [2.05, 4.69) is 23.5 Å². The topological polar surface area (TPSA) is 67.9 Å². The molecule has 0 spiro atoms. The van der Waals surface area contributed by atoms with Crippen LogP contribution in [0.4, 0.5) is 0 Å². The lowest BCUT2D eigenvalue weighted by Crippen LogP contribution is -2.50. The zero-order chi connectivity index (χ0) is 24.8. The summed E-state index contributed by atoms with van der Waals surface area (Å²) in [5.41, 5.74) is 5.93. The number of benzene rings is 3. The predicted molar refractivity (Wildman–Crippen MR) is 136 cm³/mol. The molecule has 0 saturated heterocycles. The van der Waals surface area contributed by atoms with Crippen molar-refractivity contribution in [3.8, 4) is 11.5 Å². The van der Waals surface area contributed by atoms with Crippen molar-refractivity contribution >= 4 is 11.8 Å². The van der Waals surface area contributed by atoms with Crippen LogP contribution in [0.2, 0.25) is 0 Å². The van der Waals surface area contributed by atoms with Crippen molar-refractivity contribution in [3.05, 3.63) is 94.0 Å². The summed E-state index contributed by atoms with van der Waals surface area (Å²) < 4.78 is 11.1. The van der Waals surface area contributed by atoms with E-state index in [0.717, 1.165) is 36.0 Å². The molecule has 0 aromatic heterocycles. The van der Waals surface area contributed by atoms with E-state index in [1.54, 1.807) is 14.2 Å². The van der Waals surface area contributed by atoms with Gasteiger partial charge in [0, 0.05) is 12.1 Å². The highest BCUT2D eigenvalue weighted by Crippen LogP contribution is 2.48. The Balaban J connectivity index is 1.45. The summed E-state index contributed by atoms with van der Waals surface area (Å²) in [5, 5.41) is 3.38. The van der Waals surface area contributed by atoms with Gasteiger partial charge in [-0.1, -0.05) is 42.5 Å². The van der Waals surface area contributed by atoms with Gasteiger partial charge in [0.25, 0.3) is 5.91 Å². The lowest BCUT2D eigenvalue weighted by molar-refractivity contribution is -0.125. The molecule has 0 saturated carbocycles. The SMILES string of the molecule is COc1cc2c(cc1OC)[C@@H]1[C@H](C(=O)N[C@H]3CCCc4ccccc43)c3ccccc3C(=O)N1CC2. The Bertz CT molecular complexity index is 1350. The van der Waals surface area contributed by atoms with Gasteiger partial charge in [-0.05, 0) is 71.7 Å². The number of hydrogen-bond acceptors (Lipinski definition) is 4. The summed E-state index contributed by atoms with van der Waals surface area (Å²) in [6.07, 6.45) is 3.68. The molecule has 0 fully saturated rings. The molecule has 1 aliphatic carbocycles. The van der Waals surface area contributed by atoms with Crippen molar-refractivity contribution < 1.29 is 19.1 Å². The number of rotatable bonds is 4. The fraction of sp³-hybridized carbons (Fsp3) is 0.333. The van der Waals surface area contributed by atoms with Crippen molar-refractivity contribution in [2.24, 2.45) is 0 Å². The number of fused-ring (bicyclic) bond motifs is 5. The van der Waals surface area contributed by atoms with Gasteiger partial charge >= 0.3 is 0 Å². The maximum absolute atomic E-state index is 14.2. The van der Waals surface area contributed by atoms with Crippen LogP contribution in [0.1, 0.15) is 69.0 Å². The van der Waals surface area contributed by atoms with Crippen molar-refractivity contribution in [3.63, 3.8) is 0 Å². The monoisotopic (exact) mass is 482 g/mol. The number of nitrogens with one attached hydrogen (secondary N) is 1. The molecule has 3 aromatic carbocycles. The summed E-state index contributed by atoms with van der Waals surface area (Å²) in [6.45, 7) is 0.552. The first-order chi connectivity index (χ1) is 17.6. The standard InChI is InChI=1S/C30H30N2O4/c1-35-25-16-19-14-15-32-28(23(19)17-26(25)36-2)27(21-11-5-6-12-22(21)30(32)34)29(33)31-24-13-7-9-18-8-3-4-10-20(18)24/h3-6,8,10-12,16-17,24,27-28H,7,9,13-15H2,1-2H3,(H,31,33)/t24-,27+,28+/m0/s1. The molecule has 2 aliphatic heterocycles. The molecular weight excluding hydrogens is 452 g/mol. The first-order valence-electron chi connectivity index (χ1n) is 12.6. The number of nitrogens with zero attached hydrogens (tertiary/aromatic N) is 1. The summed E-state index contributed by atoms with van der Waals surface area (Å²) in [6, 6.07) is 19.4. The van der Waals surface area contributed by atoms with Crippen LogP contribution in [0.25, 0.3) is 0 Å². The number of ether oxygens (including phenoxy) is 2. The summed E-state index contributed by atoms with van der Waals surface area (Å²) >= 11 is 0. The predicted octanol–water partition coefficient (Wildman–Crippen LogP) is 4.73. The minimum Gasteiger partial charge on any atom is -0.493 e. The van der Waals surface area contributed by atoms with Gasteiger partial charge in [-0.2, -0.15) is 0 Å². The smallest absolute Gasteiger partial charge is 0.254 e. The number of carbonyl (C=O) groups is 2. The van der Waals surface area contributed by atoms with E-state index < -0.39 is 12.0 Å². The summed E-state index contributed by atoms with van der Waals surface area (Å²) in [4.78, 5) is 29.7. The summed E-state index contributed by atoms with van der Waals surface area (Å²) in [7, 11) is 3.23. The quantitative estimate of drug-likeness (QED) is 0.584. The molecule has 3 aliphatic rings. The molecule has 0 bridgehead atoms. The molecular formula is C30H30N2O4. The Morgan fingerprint density at radius 1 is 0.889 bits per heavy atom. The largest absolute Gasteiger partial charge is 0.493 e. The van der Waals surface area contributed by atoms with Gasteiger partial charge in [0.2, 0.25) is 5.91 Å². The second kappa shape index (κ2) is 9.01. The lowest BCUT2D eigenvalue weighted by atomic mass is 9.75. The van der Waals surface area contributed by atoms with Crippen molar-refractivity contribution in [1.29, 1.82) is 0 Å². The number of methoxy groups -OCH3 is 2. The minimum atomic E-state index is -0.523. The number of carbonyl (C=O) groups excluding carboxylic acids is 2. The number of aryl methyl sites for hydroxylation is 1. The van der Waals surface area contributed by atoms with E-state index >= 15 is 0 Å². The average Bonchev–Trinajstić information content (AvgIpc) is 2.92. The Morgan fingerprint density at radius 3 is 2.42 bits per heavy atom. The normalized spacial score (nSPS) is 22.0. The fourth-order valence-electron chi connectivity index (χ4n) is 6.30. The molecule has 0 unspecified atom stereocenters. The van der Waals surface area contributed by atoms with Gasteiger partial charge in [-0.25, -0.2) is 0 Å². The number of hydrogen-bond donors (Lipinski definition) is 1. The maximum atomic E-state index is 14.2. The van der Waals surface area contributed by atoms with Crippen LogP contribution < -0.4 is 14.8 Å². The maximum Gasteiger partial charge on any atom is 0.254 e. The second-order valence-electron chi connectivity index (χ2n) is 9.82. The Labute approximate surface area is 211 Å². The molecule has 3 aromatic rings. The second-order valence-corrected chi connectivity index (χ2v) is 9.82.